The molecular weight excluding hydrogens is 414 g/mol. The van der Waals surface area contributed by atoms with Crippen molar-refractivity contribution >= 4 is 34.7 Å². The van der Waals surface area contributed by atoms with Crippen LogP contribution < -0.4 is 21.9 Å². The first kappa shape index (κ1) is 23.1. The van der Waals surface area contributed by atoms with Crippen LogP contribution in [0.2, 0.25) is 5.02 Å². The lowest BCUT2D eigenvalue weighted by molar-refractivity contribution is -0.384. The highest BCUT2D eigenvalue weighted by molar-refractivity contribution is 6.34. The molecule has 0 aliphatic carbocycles. The molecule has 1 heterocycles. The fraction of sp³-hybridized carbons (Fsp3) is 0.421. The number of carbonyl (C=O) groups is 1. The molecule has 30 heavy (non-hydrogen) atoms. The number of benzene rings is 1. The Morgan fingerprint density at radius 3 is 2.60 bits per heavy atom. The van der Waals surface area contributed by atoms with E-state index < -0.39 is 22.1 Å². The van der Waals surface area contributed by atoms with Crippen molar-refractivity contribution in [3.63, 3.8) is 0 Å². The third-order valence-corrected chi connectivity index (χ3v) is 4.73. The number of hydrogen-bond donors (Lipinski definition) is 2. The van der Waals surface area contributed by atoms with Crippen molar-refractivity contribution in [1.82, 2.24) is 9.55 Å². The largest absolute Gasteiger partial charge is 0.383 e. The SMILES string of the molecule is CCCCN(C(=O)c1cc([N+](=O)[O-])ccc1Cl)c1c(N)n(CC(C)C)c(=O)[nH]c1=O. The monoisotopic (exact) mass is 437 g/mol. The third-order valence-electron chi connectivity index (χ3n) is 4.40. The molecule has 162 valence electrons. The molecule has 1 aromatic heterocycles. The highest BCUT2D eigenvalue weighted by atomic mass is 35.5. The number of nitrogen functional groups attached to an aromatic ring is 1. The number of halogens is 1. The number of nitro groups is 1. The van der Waals surface area contributed by atoms with E-state index in [4.69, 9.17) is 17.3 Å². The number of nitrogens with zero attached hydrogens (tertiary/aromatic N) is 3. The van der Waals surface area contributed by atoms with Crippen LogP contribution in [-0.2, 0) is 6.54 Å². The fourth-order valence-electron chi connectivity index (χ4n) is 2.95. The maximum Gasteiger partial charge on any atom is 0.330 e. The van der Waals surface area contributed by atoms with E-state index in [0.29, 0.717) is 12.8 Å². The lowest BCUT2D eigenvalue weighted by Crippen LogP contribution is -2.42. The number of aromatic nitrogens is 2. The molecule has 1 aromatic carbocycles. The van der Waals surface area contributed by atoms with Gasteiger partial charge in [-0.2, -0.15) is 0 Å². The Kier molecular flexibility index (Phi) is 7.38. The minimum Gasteiger partial charge on any atom is -0.383 e. The van der Waals surface area contributed by atoms with E-state index in [2.05, 4.69) is 4.98 Å². The van der Waals surface area contributed by atoms with Crippen molar-refractivity contribution in [3.05, 3.63) is 59.7 Å². The summed E-state index contributed by atoms with van der Waals surface area (Å²) < 4.78 is 1.20. The van der Waals surface area contributed by atoms with Crippen LogP contribution in [-0.4, -0.2) is 26.9 Å². The van der Waals surface area contributed by atoms with Gasteiger partial charge in [0.25, 0.3) is 17.2 Å². The second-order valence-electron chi connectivity index (χ2n) is 7.23. The number of anilines is 2. The number of carbonyl (C=O) groups excluding carboxylic acids is 1. The Balaban J connectivity index is 2.68. The summed E-state index contributed by atoms with van der Waals surface area (Å²) in [6, 6.07) is 3.48. The summed E-state index contributed by atoms with van der Waals surface area (Å²) in [5.41, 5.74) is 4.02. The van der Waals surface area contributed by atoms with Crippen LogP contribution in [0.3, 0.4) is 0 Å². The van der Waals surface area contributed by atoms with Crippen molar-refractivity contribution in [3.8, 4) is 0 Å². The summed E-state index contributed by atoms with van der Waals surface area (Å²) in [4.78, 5) is 51.9. The van der Waals surface area contributed by atoms with Crippen LogP contribution in [0, 0.1) is 16.0 Å². The van der Waals surface area contributed by atoms with Gasteiger partial charge in [0, 0.05) is 25.2 Å². The molecule has 1 amide bonds. The zero-order valence-electron chi connectivity index (χ0n) is 17.0. The first-order valence-corrected chi connectivity index (χ1v) is 9.84. The zero-order valence-corrected chi connectivity index (χ0v) is 17.7. The fourth-order valence-corrected chi connectivity index (χ4v) is 3.15. The first-order chi connectivity index (χ1) is 14.1. The molecule has 11 heteroatoms. The quantitative estimate of drug-likeness (QED) is 0.479. The van der Waals surface area contributed by atoms with E-state index in [9.17, 15) is 24.5 Å². The van der Waals surface area contributed by atoms with Crippen molar-refractivity contribution < 1.29 is 9.72 Å². The summed E-state index contributed by atoms with van der Waals surface area (Å²) in [6.45, 7) is 6.00. The summed E-state index contributed by atoms with van der Waals surface area (Å²) >= 11 is 6.12. The number of amides is 1. The molecule has 10 nitrogen and oxygen atoms in total. The summed E-state index contributed by atoms with van der Waals surface area (Å²) in [6.07, 6.45) is 1.23. The molecule has 0 bridgehead atoms. The van der Waals surface area contributed by atoms with E-state index in [1.165, 1.54) is 16.7 Å². The Morgan fingerprint density at radius 2 is 2.03 bits per heavy atom. The van der Waals surface area contributed by atoms with Crippen LogP contribution in [0.1, 0.15) is 44.0 Å². The molecule has 0 atom stereocenters. The second-order valence-corrected chi connectivity index (χ2v) is 7.64. The minimum atomic E-state index is -0.816. The minimum absolute atomic E-state index is 0.00222. The summed E-state index contributed by atoms with van der Waals surface area (Å²) in [7, 11) is 0. The number of hydrogen-bond acceptors (Lipinski definition) is 6. The molecule has 0 aliphatic rings. The molecule has 2 rings (SSSR count). The number of nitro benzene ring substituents is 1. The normalized spacial score (nSPS) is 11.0. The van der Waals surface area contributed by atoms with Gasteiger partial charge in [-0.1, -0.05) is 38.8 Å². The maximum atomic E-state index is 13.3. The van der Waals surface area contributed by atoms with Crippen LogP contribution in [0.5, 0.6) is 0 Å². The van der Waals surface area contributed by atoms with E-state index in [0.717, 1.165) is 11.0 Å². The Morgan fingerprint density at radius 1 is 1.37 bits per heavy atom. The van der Waals surface area contributed by atoms with Crippen LogP contribution in [0.15, 0.2) is 27.8 Å². The van der Waals surface area contributed by atoms with E-state index in [1.807, 2.05) is 20.8 Å². The van der Waals surface area contributed by atoms with Crippen LogP contribution >= 0.6 is 11.6 Å². The van der Waals surface area contributed by atoms with Crippen molar-refractivity contribution in [2.45, 2.75) is 40.2 Å². The van der Waals surface area contributed by atoms with E-state index >= 15 is 0 Å². The van der Waals surface area contributed by atoms with Crippen molar-refractivity contribution in [2.75, 3.05) is 17.2 Å². The van der Waals surface area contributed by atoms with Crippen LogP contribution in [0.25, 0.3) is 0 Å². The van der Waals surface area contributed by atoms with Gasteiger partial charge in [-0.05, 0) is 18.4 Å². The van der Waals surface area contributed by atoms with Gasteiger partial charge in [-0.3, -0.25) is 29.3 Å². The topological polar surface area (TPSA) is 144 Å². The number of nitrogens with two attached hydrogens (primary N) is 1. The number of nitrogens with one attached hydrogen (secondary N) is 1. The smallest absolute Gasteiger partial charge is 0.330 e. The van der Waals surface area contributed by atoms with Gasteiger partial charge in [0.2, 0.25) is 0 Å². The Hall–Kier alpha value is -3.14. The molecule has 0 unspecified atom stereocenters. The number of H-pyrrole nitrogens is 1. The van der Waals surface area contributed by atoms with Crippen molar-refractivity contribution in [2.24, 2.45) is 5.92 Å². The number of non-ortho nitro benzene ring substituents is 1. The predicted molar refractivity (Wildman–Crippen MR) is 115 cm³/mol. The number of rotatable bonds is 8. The molecule has 0 aliphatic heterocycles. The molecule has 3 N–H and O–H groups in total. The van der Waals surface area contributed by atoms with Gasteiger partial charge in [0.1, 0.15) is 5.82 Å². The molecule has 0 radical (unpaired) electrons. The highest BCUT2D eigenvalue weighted by Crippen LogP contribution is 2.27. The predicted octanol–water partition coefficient (Wildman–Crippen LogP) is 2.78. The van der Waals surface area contributed by atoms with Gasteiger partial charge in [0.05, 0.1) is 15.5 Å². The van der Waals surface area contributed by atoms with Crippen molar-refractivity contribution in [1.29, 1.82) is 0 Å². The standard InChI is InChI=1S/C19H24ClN5O5/c1-4-5-8-23(18(27)13-9-12(25(29)30)6-7-14(13)20)15-16(21)24(10-11(2)3)19(28)22-17(15)26/h6-7,9,11H,4-5,8,10,21H2,1-3H3,(H,22,26,28). The molecule has 0 saturated carbocycles. The van der Waals surface area contributed by atoms with Gasteiger partial charge < -0.3 is 10.6 Å². The lowest BCUT2D eigenvalue weighted by atomic mass is 10.1. The van der Waals surface area contributed by atoms with E-state index in [1.54, 1.807) is 0 Å². The molecule has 2 aromatic rings. The average Bonchev–Trinajstić information content (AvgIpc) is 2.67. The molecule has 0 saturated heterocycles. The van der Waals surface area contributed by atoms with Crippen LogP contribution in [0.4, 0.5) is 17.2 Å². The maximum absolute atomic E-state index is 13.3. The average molecular weight is 438 g/mol. The van der Waals surface area contributed by atoms with Gasteiger partial charge in [-0.25, -0.2) is 4.79 Å². The van der Waals surface area contributed by atoms with Gasteiger partial charge in [0.15, 0.2) is 5.69 Å². The Labute approximate surface area is 177 Å². The Bertz CT molecular complexity index is 1080. The van der Waals surface area contributed by atoms with Gasteiger partial charge >= 0.3 is 5.69 Å². The summed E-state index contributed by atoms with van der Waals surface area (Å²) in [5.74, 6) is -0.817. The molecule has 0 spiro atoms. The third kappa shape index (κ3) is 4.88. The first-order valence-electron chi connectivity index (χ1n) is 9.46. The van der Waals surface area contributed by atoms with E-state index in [-0.39, 0.29) is 46.8 Å². The highest BCUT2D eigenvalue weighted by Gasteiger charge is 2.27. The number of unbranched alkanes of at least 4 members (excludes halogenated alkanes) is 1. The zero-order chi connectivity index (χ0) is 22.6. The van der Waals surface area contributed by atoms with Gasteiger partial charge in [-0.15, -0.1) is 0 Å². The molecule has 0 fully saturated rings. The number of aromatic amines is 1. The second kappa shape index (κ2) is 9.57. The summed E-state index contributed by atoms with van der Waals surface area (Å²) in [5, 5.41) is 11.1. The molecular formula is C19H24ClN5O5. The lowest BCUT2D eigenvalue weighted by Gasteiger charge is -2.25.